The first-order valence-electron chi connectivity index (χ1n) is 5.07. The lowest BCUT2D eigenvalue weighted by Gasteiger charge is -2.06. The monoisotopic (exact) mass is 220 g/mol. The average Bonchev–Trinajstić information content (AvgIpc) is 2.81. The Morgan fingerprint density at radius 3 is 3.20 bits per heavy atom. The SMILES string of the molecule is c1csc(NCc2cncn2C2CC2)n1. The van der Waals surface area contributed by atoms with Crippen LogP contribution in [0.25, 0.3) is 0 Å². The molecule has 0 atom stereocenters. The molecule has 0 bridgehead atoms. The van der Waals surface area contributed by atoms with E-state index in [1.54, 1.807) is 11.3 Å². The molecule has 1 saturated carbocycles. The van der Waals surface area contributed by atoms with Crippen molar-refractivity contribution >= 4 is 16.5 Å². The highest BCUT2D eigenvalue weighted by molar-refractivity contribution is 7.13. The van der Waals surface area contributed by atoms with Crippen LogP contribution in [0.4, 0.5) is 5.13 Å². The fourth-order valence-electron chi connectivity index (χ4n) is 1.63. The summed E-state index contributed by atoms with van der Waals surface area (Å²) in [4.78, 5) is 8.37. The average molecular weight is 220 g/mol. The fraction of sp³-hybridized carbons (Fsp3) is 0.400. The Balaban J connectivity index is 1.68. The van der Waals surface area contributed by atoms with Crippen LogP contribution in [0.15, 0.2) is 24.1 Å². The van der Waals surface area contributed by atoms with Crippen molar-refractivity contribution in [2.75, 3.05) is 5.32 Å². The zero-order valence-electron chi connectivity index (χ0n) is 8.26. The van der Waals surface area contributed by atoms with E-state index >= 15 is 0 Å². The maximum absolute atomic E-state index is 4.19. The van der Waals surface area contributed by atoms with Crippen LogP contribution in [-0.2, 0) is 6.54 Å². The van der Waals surface area contributed by atoms with Crippen molar-refractivity contribution in [2.24, 2.45) is 0 Å². The van der Waals surface area contributed by atoms with Gasteiger partial charge in [-0.25, -0.2) is 9.97 Å². The highest BCUT2D eigenvalue weighted by Crippen LogP contribution is 2.35. The Morgan fingerprint density at radius 2 is 2.47 bits per heavy atom. The minimum Gasteiger partial charge on any atom is -0.356 e. The van der Waals surface area contributed by atoms with E-state index in [4.69, 9.17) is 0 Å². The molecule has 15 heavy (non-hydrogen) atoms. The second-order valence-electron chi connectivity index (χ2n) is 3.71. The molecule has 2 aromatic rings. The van der Waals surface area contributed by atoms with Crippen molar-refractivity contribution in [1.82, 2.24) is 14.5 Å². The van der Waals surface area contributed by atoms with Crippen LogP contribution in [0.5, 0.6) is 0 Å². The summed E-state index contributed by atoms with van der Waals surface area (Å²) in [6.45, 7) is 0.810. The van der Waals surface area contributed by atoms with Gasteiger partial charge in [0.05, 0.1) is 18.6 Å². The van der Waals surface area contributed by atoms with Gasteiger partial charge in [0.2, 0.25) is 0 Å². The fourth-order valence-corrected chi connectivity index (χ4v) is 2.16. The predicted octanol–water partition coefficient (Wildman–Crippen LogP) is 2.29. The van der Waals surface area contributed by atoms with Gasteiger partial charge in [0.1, 0.15) is 0 Å². The minimum absolute atomic E-state index is 0.695. The van der Waals surface area contributed by atoms with Crippen LogP contribution < -0.4 is 5.32 Å². The van der Waals surface area contributed by atoms with Gasteiger partial charge in [0.15, 0.2) is 5.13 Å². The van der Waals surface area contributed by atoms with E-state index in [0.717, 1.165) is 11.7 Å². The molecule has 1 N–H and O–H groups in total. The van der Waals surface area contributed by atoms with E-state index in [2.05, 4.69) is 19.9 Å². The van der Waals surface area contributed by atoms with Crippen LogP contribution in [0.1, 0.15) is 24.6 Å². The van der Waals surface area contributed by atoms with Gasteiger partial charge in [-0.05, 0) is 12.8 Å². The first-order valence-corrected chi connectivity index (χ1v) is 5.95. The molecule has 0 unspecified atom stereocenters. The van der Waals surface area contributed by atoms with E-state index in [9.17, 15) is 0 Å². The molecule has 0 spiro atoms. The molecule has 0 aliphatic heterocycles. The molecular formula is C10H12N4S. The number of thiazole rings is 1. The Kier molecular flexibility index (Phi) is 2.17. The second-order valence-corrected chi connectivity index (χ2v) is 4.61. The van der Waals surface area contributed by atoms with E-state index in [1.807, 2.05) is 24.1 Å². The summed E-state index contributed by atoms with van der Waals surface area (Å²) in [6.07, 6.45) is 8.25. The Bertz CT molecular complexity index is 430. The van der Waals surface area contributed by atoms with Gasteiger partial charge in [-0.2, -0.15) is 0 Å². The van der Waals surface area contributed by atoms with Gasteiger partial charge in [-0.3, -0.25) is 0 Å². The predicted molar refractivity (Wildman–Crippen MR) is 59.9 cm³/mol. The molecule has 0 amide bonds. The third-order valence-electron chi connectivity index (χ3n) is 2.54. The lowest BCUT2D eigenvalue weighted by Crippen LogP contribution is -2.05. The third-order valence-corrected chi connectivity index (χ3v) is 3.27. The summed E-state index contributed by atoms with van der Waals surface area (Å²) in [7, 11) is 0. The van der Waals surface area contributed by atoms with Crippen LogP contribution in [0.3, 0.4) is 0 Å². The number of imidazole rings is 1. The van der Waals surface area contributed by atoms with Crippen molar-refractivity contribution in [3.63, 3.8) is 0 Å². The quantitative estimate of drug-likeness (QED) is 0.859. The molecular weight excluding hydrogens is 208 g/mol. The largest absolute Gasteiger partial charge is 0.356 e. The van der Waals surface area contributed by atoms with Crippen molar-refractivity contribution < 1.29 is 0 Å². The first kappa shape index (κ1) is 8.91. The summed E-state index contributed by atoms with van der Waals surface area (Å²) in [5.41, 5.74) is 1.24. The van der Waals surface area contributed by atoms with Gasteiger partial charge in [0, 0.05) is 23.8 Å². The van der Waals surface area contributed by atoms with E-state index in [1.165, 1.54) is 18.5 Å². The number of hydrogen-bond acceptors (Lipinski definition) is 4. The molecule has 1 aliphatic carbocycles. The smallest absolute Gasteiger partial charge is 0.182 e. The summed E-state index contributed by atoms with van der Waals surface area (Å²) < 4.78 is 2.26. The second kappa shape index (κ2) is 3.66. The highest BCUT2D eigenvalue weighted by Gasteiger charge is 2.24. The summed E-state index contributed by atoms with van der Waals surface area (Å²) in [6, 6.07) is 0.695. The number of aromatic nitrogens is 3. The normalized spacial score (nSPS) is 15.5. The van der Waals surface area contributed by atoms with E-state index < -0.39 is 0 Å². The van der Waals surface area contributed by atoms with Crippen LogP contribution in [-0.4, -0.2) is 14.5 Å². The zero-order valence-corrected chi connectivity index (χ0v) is 9.07. The van der Waals surface area contributed by atoms with Crippen LogP contribution in [0.2, 0.25) is 0 Å². The topological polar surface area (TPSA) is 42.7 Å². The Labute approximate surface area is 92.0 Å². The lowest BCUT2D eigenvalue weighted by molar-refractivity contribution is 0.701. The standard InChI is InChI=1S/C10H12N4S/c1-2-8(1)14-7-11-5-9(14)6-13-10-12-3-4-15-10/h3-5,7-8H,1-2,6H2,(H,12,13). The van der Waals surface area contributed by atoms with Crippen molar-refractivity contribution in [3.05, 3.63) is 29.8 Å². The number of nitrogens with one attached hydrogen (secondary N) is 1. The van der Waals surface area contributed by atoms with Crippen LogP contribution in [0, 0.1) is 0 Å². The molecule has 4 nitrogen and oxygen atoms in total. The molecule has 3 rings (SSSR count). The van der Waals surface area contributed by atoms with Gasteiger partial charge in [0.25, 0.3) is 0 Å². The molecule has 5 heteroatoms. The molecule has 1 aliphatic rings. The van der Waals surface area contributed by atoms with Gasteiger partial charge in [-0.1, -0.05) is 0 Å². The summed E-state index contributed by atoms with van der Waals surface area (Å²) >= 11 is 1.62. The summed E-state index contributed by atoms with van der Waals surface area (Å²) in [5, 5.41) is 6.24. The maximum atomic E-state index is 4.19. The van der Waals surface area contributed by atoms with E-state index in [-0.39, 0.29) is 0 Å². The third kappa shape index (κ3) is 1.87. The molecule has 78 valence electrons. The molecule has 0 saturated heterocycles. The molecule has 1 fully saturated rings. The lowest BCUT2D eigenvalue weighted by atomic mass is 10.4. The van der Waals surface area contributed by atoms with Gasteiger partial charge >= 0.3 is 0 Å². The number of nitrogens with zero attached hydrogens (tertiary/aromatic N) is 3. The first-order chi connectivity index (χ1) is 7.43. The molecule has 0 radical (unpaired) electrons. The van der Waals surface area contributed by atoms with Gasteiger partial charge < -0.3 is 9.88 Å². The minimum atomic E-state index is 0.695. The van der Waals surface area contributed by atoms with E-state index in [0.29, 0.717) is 6.04 Å². The van der Waals surface area contributed by atoms with Crippen molar-refractivity contribution in [1.29, 1.82) is 0 Å². The van der Waals surface area contributed by atoms with Crippen LogP contribution >= 0.6 is 11.3 Å². The number of hydrogen-bond donors (Lipinski definition) is 1. The number of rotatable bonds is 4. The Hall–Kier alpha value is -1.36. The number of anilines is 1. The zero-order chi connectivity index (χ0) is 10.1. The Morgan fingerprint density at radius 1 is 1.53 bits per heavy atom. The van der Waals surface area contributed by atoms with Gasteiger partial charge in [-0.15, -0.1) is 11.3 Å². The molecule has 2 heterocycles. The highest BCUT2D eigenvalue weighted by atomic mass is 32.1. The van der Waals surface area contributed by atoms with Crippen molar-refractivity contribution in [3.8, 4) is 0 Å². The van der Waals surface area contributed by atoms with Crippen molar-refractivity contribution in [2.45, 2.75) is 25.4 Å². The summed E-state index contributed by atoms with van der Waals surface area (Å²) in [5.74, 6) is 0. The maximum Gasteiger partial charge on any atom is 0.182 e. The molecule has 0 aromatic carbocycles. The molecule has 2 aromatic heterocycles.